The summed E-state index contributed by atoms with van der Waals surface area (Å²) in [6.07, 6.45) is 1.46. The van der Waals surface area contributed by atoms with Crippen LogP contribution in [0.15, 0.2) is 36.4 Å². The monoisotopic (exact) mass is 387 g/mol. The minimum absolute atomic E-state index is 0.102. The maximum absolute atomic E-state index is 13.6. The van der Waals surface area contributed by atoms with Gasteiger partial charge < -0.3 is 9.64 Å². The Morgan fingerprint density at radius 3 is 2.46 bits per heavy atom. The van der Waals surface area contributed by atoms with Gasteiger partial charge in [-0.3, -0.25) is 4.79 Å². The molecule has 1 aliphatic carbocycles. The van der Waals surface area contributed by atoms with Crippen molar-refractivity contribution in [3.05, 3.63) is 70.3 Å². The van der Waals surface area contributed by atoms with Gasteiger partial charge in [0.1, 0.15) is 11.9 Å². The average molecular weight is 387 g/mol. The highest BCUT2D eigenvalue weighted by Gasteiger charge is 2.33. The molecule has 0 aromatic heterocycles. The molecule has 6 heteroatoms. The number of ether oxygens (including phenoxy) is 1. The summed E-state index contributed by atoms with van der Waals surface area (Å²) in [5, 5.41) is 0. The van der Waals surface area contributed by atoms with Gasteiger partial charge in [-0.25, -0.2) is 13.6 Å². The van der Waals surface area contributed by atoms with Crippen molar-refractivity contribution in [2.24, 2.45) is 0 Å². The summed E-state index contributed by atoms with van der Waals surface area (Å²) >= 11 is 0. The summed E-state index contributed by atoms with van der Waals surface area (Å²) in [6, 6.07) is 8.89. The van der Waals surface area contributed by atoms with E-state index in [2.05, 4.69) is 0 Å². The van der Waals surface area contributed by atoms with E-state index in [1.807, 2.05) is 12.1 Å². The van der Waals surface area contributed by atoms with Crippen LogP contribution in [0.1, 0.15) is 47.8 Å². The average Bonchev–Trinajstić information content (AvgIpc) is 3.03. The first-order valence-corrected chi connectivity index (χ1v) is 9.17. The normalized spacial score (nSPS) is 15.8. The molecule has 2 aromatic carbocycles. The molecule has 1 atom stereocenters. The van der Waals surface area contributed by atoms with Crippen LogP contribution in [0.2, 0.25) is 0 Å². The molecule has 0 saturated carbocycles. The number of carbonyl (C=O) groups is 2. The lowest BCUT2D eigenvalue weighted by atomic mass is 10.1. The van der Waals surface area contributed by atoms with Crippen molar-refractivity contribution in [3.63, 3.8) is 0 Å². The summed E-state index contributed by atoms with van der Waals surface area (Å²) in [6.45, 7) is 5.44. The number of hydrogen-bond acceptors (Lipinski definition) is 3. The molecule has 2 aromatic rings. The van der Waals surface area contributed by atoms with Crippen molar-refractivity contribution in [1.29, 1.82) is 0 Å². The third-order valence-electron chi connectivity index (χ3n) is 4.68. The van der Waals surface area contributed by atoms with Crippen LogP contribution in [0.3, 0.4) is 0 Å². The fourth-order valence-corrected chi connectivity index (χ4v) is 3.41. The van der Waals surface area contributed by atoms with Gasteiger partial charge in [0.05, 0.1) is 0 Å². The Labute approximate surface area is 163 Å². The van der Waals surface area contributed by atoms with E-state index < -0.39 is 23.3 Å². The van der Waals surface area contributed by atoms with Gasteiger partial charge in [-0.1, -0.05) is 18.2 Å². The standard InChI is InChI=1S/C22H23F2NO3/c1-22(2,3)28-21(27)25(12-14-5-7-19(23)20(24)9-14)18-10-16-6-4-15(13-26)8-17(16)11-18/h4-9,13,18H,10-12H2,1-3H3. The van der Waals surface area contributed by atoms with Crippen molar-refractivity contribution in [3.8, 4) is 0 Å². The number of hydrogen-bond donors (Lipinski definition) is 0. The van der Waals surface area contributed by atoms with Gasteiger partial charge in [-0.05, 0) is 68.5 Å². The van der Waals surface area contributed by atoms with Crippen LogP contribution in [-0.4, -0.2) is 28.9 Å². The van der Waals surface area contributed by atoms with Crippen LogP contribution in [0.25, 0.3) is 0 Å². The molecule has 0 heterocycles. The molecular formula is C22H23F2NO3. The van der Waals surface area contributed by atoms with Gasteiger partial charge in [0.15, 0.2) is 11.6 Å². The molecule has 0 saturated heterocycles. The highest BCUT2D eigenvalue weighted by atomic mass is 19.2. The number of nitrogens with zero attached hydrogens (tertiary/aromatic N) is 1. The van der Waals surface area contributed by atoms with Crippen LogP contribution < -0.4 is 0 Å². The maximum atomic E-state index is 13.6. The highest BCUT2D eigenvalue weighted by Crippen LogP contribution is 2.29. The molecule has 1 amide bonds. The molecule has 1 aliphatic rings. The third kappa shape index (κ3) is 4.55. The highest BCUT2D eigenvalue weighted by molar-refractivity contribution is 5.75. The molecular weight excluding hydrogens is 364 g/mol. The molecule has 0 N–H and O–H groups in total. The van der Waals surface area contributed by atoms with Crippen molar-refractivity contribution >= 4 is 12.4 Å². The number of benzene rings is 2. The van der Waals surface area contributed by atoms with E-state index in [-0.39, 0.29) is 12.6 Å². The van der Waals surface area contributed by atoms with Gasteiger partial charge >= 0.3 is 6.09 Å². The number of halogens is 2. The van der Waals surface area contributed by atoms with Crippen LogP contribution in [0, 0.1) is 11.6 Å². The number of carbonyl (C=O) groups excluding carboxylic acids is 2. The smallest absolute Gasteiger partial charge is 0.410 e. The Bertz CT molecular complexity index is 905. The lowest BCUT2D eigenvalue weighted by Gasteiger charge is -2.31. The first-order valence-electron chi connectivity index (χ1n) is 9.17. The molecule has 0 radical (unpaired) electrons. The first-order chi connectivity index (χ1) is 13.2. The van der Waals surface area contributed by atoms with Crippen LogP contribution >= 0.6 is 0 Å². The Morgan fingerprint density at radius 2 is 1.82 bits per heavy atom. The molecule has 4 nitrogen and oxygen atoms in total. The van der Waals surface area contributed by atoms with Crippen molar-refractivity contribution in [1.82, 2.24) is 4.90 Å². The fraction of sp³-hybridized carbons (Fsp3) is 0.364. The van der Waals surface area contributed by atoms with E-state index in [1.165, 1.54) is 6.07 Å². The Morgan fingerprint density at radius 1 is 1.11 bits per heavy atom. The summed E-state index contributed by atoms with van der Waals surface area (Å²) in [5.41, 5.74) is 2.46. The summed E-state index contributed by atoms with van der Waals surface area (Å²) in [7, 11) is 0. The summed E-state index contributed by atoms with van der Waals surface area (Å²) < 4.78 is 32.4. The van der Waals surface area contributed by atoms with Gasteiger partial charge in [0.2, 0.25) is 0 Å². The number of aldehydes is 1. The topological polar surface area (TPSA) is 46.6 Å². The Kier molecular flexibility index (Phi) is 5.49. The minimum Gasteiger partial charge on any atom is -0.444 e. The maximum Gasteiger partial charge on any atom is 0.410 e. The second-order valence-corrected chi connectivity index (χ2v) is 8.06. The van der Waals surface area contributed by atoms with Gasteiger partial charge in [0, 0.05) is 18.2 Å². The van der Waals surface area contributed by atoms with Gasteiger partial charge in [0.25, 0.3) is 0 Å². The Balaban J connectivity index is 1.87. The minimum atomic E-state index is -0.952. The van der Waals surface area contributed by atoms with E-state index in [9.17, 15) is 18.4 Å². The van der Waals surface area contributed by atoms with Crippen LogP contribution in [-0.2, 0) is 24.1 Å². The molecule has 3 rings (SSSR count). The fourth-order valence-electron chi connectivity index (χ4n) is 3.41. The van der Waals surface area contributed by atoms with Crippen molar-refractivity contribution < 1.29 is 23.1 Å². The predicted molar refractivity (Wildman–Crippen MR) is 101 cm³/mol. The number of rotatable bonds is 4. The summed E-state index contributed by atoms with van der Waals surface area (Å²) in [5.74, 6) is -1.88. The summed E-state index contributed by atoms with van der Waals surface area (Å²) in [4.78, 5) is 25.4. The molecule has 0 bridgehead atoms. The van der Waals surface area contributed by atoms with Gasteiger partial charge in [-0.15, -0.1) is 0 Å². The largest absolute Gasteiger partial charge is 0.444 e. The molecule has 0 fully saturated rings. The van der Waals surface area contributed by atoms with Crippen molar-refractivity contribution in [2.75, 3.05) is 0 Å². The third-order valence-corrected chi connectivity index (χ3v) is 4.68. The number of fused-ring (bicyclic) bond motifs is 1. The van der Waals surface area contributed by atoms with Crippen LogP contribution in [0.4, 0.5) is 13.6 Å². The van der Waals surface area contributed by atoms with Crippen LogP contribution in [0.5, 0.6) is 0 Å². The van der Waals surface area contributed by atoms with Crippen molar-refractivity contribution in [2.45, 2.75) is 51.8 Å². The molecule has 28 heavy (non-hydrogen) atoms. The van der Waals surface area contributed by atoms with E-state index in [1.54, 1.807) is 31.7 Å². The quantitative estimate of drug-likeness (QED) is 0.716. The zero-order valence-electron chi connectivity index (χ0n) is 16.2. The van der Waals surface area contributed by atoms with E-state index in [0.29, 0.717) is 24.0 Å². The van der Waals surface area contributed by atoms with Gasteiger partial charge in [-0.2, -0.15) is 0 Å². The second-order valence-electron chi connectivity index (χ2n) is 8.06. The van der Waals surface area contributed by atoms with E-state index in [4.69, 9.17) is 4.74 Å². The molecule has 1 unspecified atom stereocenters. The SMILES string of the molecule is CC(C)(C)OC(=O)N(Cc1ccc(F)c(F)c1)C1Cc2ccc(C=O)cc2C1. The predicted octanol–water partition coefficient (Wildman–Crippen LogP) is 4.68. The molecule has 0 aliphatic heterocycles. The van der Waals surface area contributed by atoms with E-state index in [0.717, 1.165) is 29.5 Å². The van der Waals surface area contributed by atoms with E-state index >= 15 is 0 Å². The lowest BCUT2D eigenvalue weighted by Crippen LogP contribution is -2.43. The zero-order valence-corrected chi connectivity index (χ0v) is 16.2. The first kappa shape index (κ1) is 20.0. The zero-order chi connectivity index (χ0) is 20.5. The molecule has 0 spiro atoms. The molecule has 148 valence electrons. The Hall–Kier alpha value is -2.76. The lowest BCUT2D eigenvalue weighted by molar-refractivity contribution is 0.0148. The number of amides is 1. The second kappa shape index (κ2) is 7.70.